The van der Waals surface area contributed by atoms with Gasteiger partial charge >= 0.3 is 0 Å². The summed E-state index contributed by atoms with van der Waals surface area (Å²) in [6, 6.07) is 3.56. The van der Waals surface area contributed by atoms with Crippen LogP contribution in [0.4, 0.5) is 4.39 Å². The molecule has 1 aromatic rings. The quantitative estimate of drug-likeness (QED) is 0.740. The van der Waals surface area contributed by atoms with Crippen LogP contribution in [0, 0.1) is 5.82 Å². The molecular formula is C10H10FNO3S. The first-order valence-electron chi connectivity index (χ1n) is 4.99. The van der Waals surface area contributed by atoms with Gasteiger partial charge in [0, 0.05) is 0 Å². The molecule has 1 saturated carbocycles. The molecule has 1 heterocycles. The van der Waals surface area contributed by atoms with E-state index in [1.165, 1.54) is 12.1 Å². The Morgan fingerprint density at radius 3 is 2.81 bits per heavy atom. The van der Waals surface area contributed by atoms with Crippen LogP contribution in [0.3, 0.4) is 0 Å². The lowest BCUT2D eigenvalue weighted by molar-refractivity contribution is 0.182. The van der Waals surface area contributed by atoms with Crippen LogP contribution in [-0.4, -0.2) is 20.6 Å². The van der Waals surface area contributed by atoms with Crippen molar-refractivity contribution in [2.45, 2.75) is 23.3 Å². The maximum Gasteiger partial charge on any atom is 0.244 e. The van der Waals surface area contributed by atoms with Gasteiger partial charge in [-0.15, -0.1) is 0 Å². The van der Waals surface area contributed by atoms with Gasteiger partial charge in [-0.2, -0.15) is 0 Å². The minimum atomic E-state index is -3.65. The van der Waals surface area contributed by atoms with Gasteiger partial charge in [0.1, 0.15) is 22.1 Å². The molecule has 0 saturated heterocycles. The summed E-state index contributed by atoms with van der Waals surface area (Å²) in [7, 11) is -3.65. The van der Waals surface area contributed by atoms with Crippen molar-refractivity contribution in [3.8, 4) is 5.75 Å². The topological polar surface area (TPSA) is 55.4 Å². The van der Waals surface area contributed by atoms with Crippen LogP contribution >= 0.6 is 0 Å². The smallest absolute Gasteiger partial charge is 0.244 e. The molecule has 86 valence electrons. The summed E-state index contributed by atoms with van der Waals surface area (Å²) in [4.78, 5) is -0.115. The molecule has 1 aliphatic heterocycles. The summed E-state index contributed by atoms with van der Waals surface area (Å²) in [6.07, 6.45) is 1.65. The third kappa shape index (κ3) is 1.49. The second-order valence-electron chi connectivity index (χ2n) is 4.20. The molecule has 0 radical (unpaired) electrons. The maximum absolute atomic E-state index is 13.0. The monoisotopic (exact) mass is 243 g/mol. The fourth-order valence-electron chi connectivity index (χ4n) is 1.77. The van der Waals surface area contributed by atoms with Gasteiger partial charge in [-0.3, -0.25) is 0 Å². The standard InChI is InChI=1S/C10H10FNO3S/c11-7-1-2-8-9(5-7)16(13,14)12-6-10(15-8)3-4-10/h1-2,5,12H,3-4,6H2. The molecule has 16 heavy (non-hydrogen) atoms. The van der Waals surface area contributed by atoms with Crippen LogP contribution in [0.5, 0.6) is 5.75 Å². The zero-order valence-corrected chi connectivity index (χ0v) is 9.18. The molecule has 2 aliphatic rings. The Morgan fingerprint density at radius 1 is 1.38 bits per heavy atom. The van der Waals surface area contributed by atoms with Crippen LogP contribution in [0.25, 0.3) is 0 Å². The summed E-state index contributed by atoms with van der Waals surface area (Å²) < 4.78 is 44.7. The molecule has 1 fully saturated rings. The Bertz CT molecular complexity index is 551. The van der Waals surface area contributed by atoms with Crippen molar-refractivity contribution in [2.24, 2.45) is 0 Å². The first-order valence-corrected chi connectivity index (χ1v) is 6.47. The number of benzene rings is 1. The number of ether oxygens (including phenoxy) is 1. The lowest BCUT2D eigenvalue weighted by atomic mass is 10.3. The van der Waals surface area contributed by atoms with Crippen LogP contribution in [0.15, 0.2) is 23.1 Å². The number of nitrogens with one attached hydrogen (secondary N) is 1. The predicted octanol–water partition coefficient (Wildman–Crippen LogP) is 1.03. The number of rotatable bonds is 0. The number of hydrogen-bond donors (Lipinski definition) is 1. The number of halogens is 1. The summed E-state index contributed by atoms with van der Waals surface area (Å²) >= 11 is 0. The summed E-state index contributed by atoms with van der Waals surface area (Å²) in [5, 5.41) is 0. The van der Waals surface area contributed by atoms with Crippen molar-refractivity contribution in [1.29, 1.82) is 0 Å². The number of fused-ring (bicyclic) bond motifs is 1. The molecule has 1 aromatic carbocycles. The van der Waals surface area contributed by atoms with Gasteiger partial charge in [-0.1, -0.05) is 0 Å². The lowest BCUT2D eigenvalue weighted by Crippen LogP contribution is -2.33. The van der Waals surface area contributed by atoms with Crippen LogP contribution in [0.1, 0.15) is 12.8 Å². The van der Waals surface area contributed by atoms with Crippen LogP contribution in [-0.2, 0) is 10.0 Å². The molecule has 1 N–H and O–H groups in total. The first kappa shape index (κ1) is 10.0. The molecule has 0 unspecified atom stereocenters. The average molecular weight is 243 g/mol. The van der Waals surface area contributed by atoms with Gasteiger partial charge in [-0.05, 0) is 31.0 Å². The SMILES string of the molecule is O=S1(=O)NCC2(CC2)Oc2ccc(F)cc21. The van der Waals surface area contributed by atoms with E-state index in [2.05, 4.69) is 4.72 Å². The Balaban J connectivity index is 2.18. The average Bonchev–Trinajstić information content (AvgIpc) is 2.99. The fraction of sp³-hybridized carbons (Fsp3) is 0.400. The molecule has 0 bridgehead atoms. The van der Waals surface area contributed by atoms with Crippen molar-refractivity contribution < 1.29 is 17.5 Å². The second kappa shape index (κ2) is 2.95. The van der Waals surface area contributed by atoms with Gasteiger partial charge in [0.2, 0.25) is 10.0 Å². The minimum Gasteiger partial charge on any atom is -0.484 e. The second-order valence-corrected chi connectivity index (χ2v) is 5.94. The van der Waals surface area contributed by atoms with Crippen LogP contribution in [0.2, 0.25) is 0 Å². The molecule has 0 aromatic heterocycles. The van der Waals surface area contributed by atoms with E-state index in [0.717, 1.165) is 18.9 Å². The van der Waals surface area contributed by atoms with E-state index in [1.54, 1.807) is 0 Å². The van der Waals surface area contributed by atoms with E-state index >= 15 is 0 Å². The lowest BCUT2D eigenvalue weighted by Gasteiger charge is -2.13. The molecule has 3 rings (SSSR count). The van der Waals surface area contributed by atoms with Crippen molar-refractivity contribution in [3.63, 3.8) is 0 Å². The highest BCUT2D eigenvalue weighted by Gasteiger charge is 2.48. The van der Waals surface area contributed by atoms with E-state index in [9.17, 15) is 12.8 Å². The first-order chi connectivity index (χ1) is 7.51. The van der Waals surface area contributed by atoms with Gasteiger partial charge in [0.25, 0.3) is 0 Å². The van der Waals surface area contributed by atoms with Gasteiger partial charge < -0.3 is 4.74 Å². The molecule has 0 amide bonds. The molecular weight excluding hydrogens is 233 g/mol. The van der Waals surface area contributed by atoms with Crippen molar-refractivity contribution in [3.05, 3.63) is 24.0 Å². The Kier molecular flexibility index (Phi) is 1.85. The van der Waals surface area contributed by atoms with E-state index in [0.29, 0.717) is 0 Å². The maximum atomic E-state index is 13.0. The van der Waals surface area contributed by atoms with Crippen molar-refractivity contribution in [2.75, 3.05) is 6.54 Å². The van der Waals surface area contributed by atoms with Gasteiger partial charge in [0.05, 0.1) is 6.54 Å². The van der Waals surface area contributed by atoms with Crippen LogP contribution < -0.4 is 9.46 Å². The minimum absolute atomic E-state index is 0.115. The molecule has 1 spiro atoms. The van der Waals surface area contributed by atoms with Crippen molar-refractivity contribution in [1.82, 2.24) is 4.72 Å². The third-order valence-corrected chi connectivity index (χ3v) is 4.34. The Morgan fingerprint density at radius 2 is 2.12 bits per heavy atom. The van der Waals surface area contributed by atoms with E-state index in [-0.39, 0.29) is 17.2 Å². The van der Waals surface area contributed by atoms with Gasteiger partial charge in [-0.25, -0.2) is 17.5 Å². The molecule has 6 heteroatoms. The Labute approximate surface area is 92.5 Å². The molecule has 0 atom stereocenters. The predicted molar refractivity (Wildman–Crippen MR) is 54.2 cm³/mol. The summed E-state index contributed by atoms with van der Waals surface area (Å²) in [6.45, 7) is 0.256. The number of hydrogen-bond acceptors (Lipinski definition) is 3. The van der Waals surface area contributed by atoms with E-state index < -0.39 is 21.4 Å². The highest BCUT2D eigenvalue weighted by Crippen LogP contribution is 2.43. The highest BCUT2D eigenvalue weighted by atomic mass is 32.2. The number of sulfonamides is 1. The third-order valence-electron chi connectivity index (χ3n) is 2.91. The van der Waals surface area contributed by atoms with Crippen molar-refractivity contribution >= 4 is 10.0 Å². The highest BCUT2D eigenvalue weighted by molar-refractivity contribution is 7.89. The molecule has 1 aliphatic carbocycles. The largest absolute Gasteiger partial charge is 0.484 e. The summed E-state index contributed by atoms with van der Waals surface area (Å²) in [5.41, 5.74) is -0.407. The zero-order chi connectivity index (χ0) is 11.4. The zero-order valence-electron chi connectivity index (χ0n) is 8.36. The summed E-state index contributed by atoms with van der Waals surface area (Å²) in [5.74, 6) is -0.344. The Hall–Kier alpha value is -1.14. The van der Waals surface area contributed by atoms with E-state index in [4.69, 9.17) is 4.74 Å². The molecule has 4 nitrogen and oxygen atoms in total. The fourth-order valence-corrected chi connectivity index (χ4v) is 3.02. The van der Waals surface area contributed by atoms with Gasteiger partial charge in [0.15, 0.2) is 0 Å². The van der Waals surface area contributed by atoms with E-state index in [1.807, 2.05) is 0 Å². The normalized spacial score (nSPS) is 24.3.